The van der Waals surface area contributed by atoms with E-state index in [2.05, 4.69) is 19.2 Å². The van der Waals surface area contributed by atoms with Crippen molar-refractivity contribution in [2.24, 2.45) is 11.3 Å². The fourth-order valence-electron chi connectivity index (χ4n) is 3.29. The Bertz CT molecular complexity index is 227. The van der Waals surface area contributed by atoms with Crippen molar-refractivity contribution < 1.29 is 5.11 Å². The van der Waals surface area contributed by atoms with E-state index in [1.807, 2.05) is 7.05 Å². The van der Waals surface area contributed by atoms with E-state index in [0.29, 0.717) is 11.3 Å². The molecule has 114 valence electrons. The van der Waals surface area contributed by atoms with Gasteiger partial charge < -0.3 is 5.11 Å². The van der Waals surface area contributed by atoms with Crippen molar-refractivity contribution in [3.05, 3.63) is 0 Å². The largest absolute Gasteiger partial charge is 0.378 e. The van der Waals surface area contributed by atoms with Gasteiger partial charge in [0.05, 0.1) is 0 Å². The average Bonchev–Trinajstić information content (AvgIpc) is 2.40. The molecule has 2 heteroatoms. The molecule has 1 rings (SSSR count). The van der Waals surface area contributed by atoms with Crippen LogP contribution in [-0.4, -0.2) is 18.4 Å². The summed E-state index contributed by atoms with van der Waals surface area (Å²) in [6.07, 6.45) is 14.2. The SMILES string of the molecule is CNC(O)C1CCCCCCCCCC(C)(C)CC1. The molecule has 0 bridgehead atoms. The average molecular weight is 269 g/mol. The summed E-state index contributed by atoms with van der Waals surface area (Å²) in [5.74, 6) is 0.435. The van der Waals surface area contributed by atoms with E-state index in [1.165, 1.54) is 64.2 Å². The van der Waals surface area contributed by atoms with Crippen LogP contribution in [0, 0.1) is 11.3 Å². The minimum Gasteiger partial charge on any atom is -0.378 e. The van der Waals surface area contributed by atoms with Gasteiger partial charge in [0.25, 0.3) is 0 Å². The Hall–Kier alpha value is -0.0800. The number of hydrogen-bond acceptors (Lipinski definition) is 2. The van der Waals surface area contributed by atoms with Gasteiger partial charge in [0, 0.05) is 0 Å². The Morgan fingerprint density at radius 1 is 0.895 bits per heavy atom. The van der Waals surface area contributed by atoms with Gasteiger partial charge in [-0.15, -0.1) is 0 Å². The smallest absolute Gasteiger partial charge is 0.107 e. The zero-order chi connectivity index (χ0) is 14.1. The summed E-state index contributed by atoms with van der Waals surface area (Å²) < 4.78 is 0. The topological polar surface area (TPSA) is 32.3 Å². The maximum atomic E-state index is 10.1. The number of nitrogens with one attached hydrogen (secondary N) is 1. The van der Waals surface area contributed by atoms with Crippen LogP contribution in [0.3, 0.4) is 0 Å². The monoisotopic (exact) mass is 269 g/mol. The molecule has 1 saturated carbocycles. The molecule has 0 amide bonds. The van der Waals surface area contributed by atoms with Gasteiger partial charge in [-0.2, -0.15) is 0 Å². The molecule has 0 aromatic carbocycles. The highest BCUT2D eigenvalue weighted by atomic mass is 16.3. The van der Waals surface area contributed by atoms with Gasteiger partial charge in [0.15, 0.2) is 0 Å². The van der Waals surface area contributed by atoms with Gasteiger partial charge in [-0.25, -0.2) is 0 Å². The second kappa shape index (κ2) is 8.97. The molecule has 1 aliphatic rings. The lowest BCUT2D eigenvalue weighted by molar-refractivity contribution is 0.0637. The normalized spacial score (nSPS) is 28.7. The Kier molecular flexibility index (Phi) is 8.01. The minimum absolute atomic E-state index is 0.319. The van der Waals surface area contributed by atoms with Crippen LogP contribution in [0.25, 0.3) is 0 Å². The van der Waals surface area contributed by atoms with E-state index < -0.39 is 0 Å². The molecule has 0 spiro atoms. The van der Waals surface area contributed by atoms with E-state index in [9.17, 15) is 5.11 Å². The van der Waals surface area contributed by atoms with Gasteiger partial charge >= 0.3 is 0 Å². The van der Waals surface area contributed by atoms with E-state index in [1.54, 1.807) is 0 Å². The summed E-state index contributed by atoms with van der Waals surface area (Å²) in [5, 5.41) is 13.1. The highest BCUT2D eigenvalue weighted by molar-refractivity contribution is 4.74. The van der Waals surface area contributed by atoms with Crippen LogP contribution in [0.1, 0.15) is 84.5 Å². The van der Waals surface area contributed by atoms with Crippen LogP contribution in [0.5, 0.6) is 0 Å². The lowest BCUT2D eigenvalue weighted by Gasteiger charge is -2.29. The van der Waals surface area contributed by atoms with Crippen molar-refractivity contribution in [3.63, 3.8) is 0 Å². The van der Waals surface area contributed by atoms with E-state index in [-0.39, 0.29) is 6.23 Å². The Balaban J connectivity index is 2.52. The molecule has 2 atom stereocenters. The van der Waals surface area contributed by atoms with E-state index >= 15 is 0 Å². The quantitative estimate of drug-likeness (QED) is 0.725. The van der Waals surface area contributed by atoms with Gasteiger partial charge in [0.1, 0.15) is 6.23 Å². The standard InChI is InChI=1S/C17H35NO/c1-17(2)13-10-8-6-4-5-7-9-11-15(12-14-17)16(19)18-3/h15-16,18-19H,4-14H2,1-3H3. The first kappa shape index (κ1) is 17.0. The number of aliphatic hydroxyl groups excluding tert-OH is 1. The summed E-state index contributed by atoms with van der Waals surface area (Å²) in [6, 6.07) is 0. The molecular weight excluding hydrogens is 234 g/mol. The van der Waals surface area contributed by atoms with Crippen LogP contribution < -0.4 is 5.32 Å². The molecule has 0 aromatic heterocycles. The van der Waals surface area contributed by atoms with Gasteiger partial charge in [-0.1, -0.05) is 58.8 Å². The summed E-state index contributed by atoms with van der Waals surface area (Å²) in [7, 11) is 1.87. The molecular formula is C17H35NO. The van der Waals surface area contributed by atoms with Crippen LogP contribution in [0.4, 0.5) is 0 Å². The van der Waals surface area contributed by atoms with E-state index in [4.69, 9.17) is 0 Å². The van der Waals surface area contributed by atoms with E-state index in [0.717, 1.165) is 6.42 Å². The van der Waals surface area contributed by atoms with Gasteiger partial charge in [0.2, 0.25) is 0 Å². The van der Waals surface area contributed by atoms with Crippen LogP contribution in [0.15, 0.2) is 0 Å². The number of rotatable bonds is 2. The van der Waals surface area contributed by atoms with Crippen molar-refractivity contribution in [1.29, 1.82) is 0 Å². The first-order valence-electron chi connectivity index (χ1n) is 8.40. The Labute approximate surface area is 120 Å². The minimum atomic E-state index is -0.319. The fraction of sp³-hybridized carbons (Fsp3) is 1.00. The zero-order valence-corrected chi connectivity index (χ0v) is 13.4. The highest BCUT2D eigenvalue weighted by Crippen LogP contribution is 2.33. The first-order valence-corrected chi connectivity index (χ1v) is 8.40. The predicted molar refractivity (Wildman–Crippen MR) is 83.1 cm³/mol. The number of hydrogen-bond donors (Lipinski definition) is 2. The molecule has 0 saturated heterocycles. The van der Waals surface area contributed by atoms with Gasteiger partial charge in [-0.3, -0.25) is 5.32 Å². The van der Waals surface area contributed by atoms with Crippen molar-refractivity contribution in [2.45, 2.75) is 90.7 Å². The third-order valence-corrected chi connectivity index (χ3v) is 4.86. The molecule has 0 aliphatic heterocycles. The summed E-state index contributed by atoms with van der Waals surface area (Å²) in [5.41, 5.74) is 0.444. The lowest BCUT2D eigenvalue weighted by atomic mass is 9.79. The molecule has 1 aliphatic carbocycles. The lowest BCUT2D eigenvalue weighted by Crippen LogP contribution is -2.34. The number of aliphatic hydroxyl groups is 1. The molecule has 2 nitrogen and oxygen atoms in total. The zero-order valence-electron chi connectivity index (χ0n) is 13.4. The summed E-state index contributed by atoms with van der Waals surface area (Å²) >= 11 is 0. The maximum Gasteiger partial charge on any atom is 0.107 e. The predicted octanol–water partition coefficient (Wildman–Crippen LogP) is 4.47. The molecule has 2 N–H and O–H groups in total. The second-order valence-corrected chi connectivity index (χ2v) is 7.21. The molecule has 0 aromatic rings. The first-order chi connectivity index (χ1) is 9.05. The molecule has 2 unspecified atom stereocenters. The van der Waals surface area contributed by atoms with Crippen molar-refractivity contribution in [2.75, 3.05) is 7.05 Å². The Morgan fingerprint density at radius 3 is 2.11 bits per heavy atom. The molecule has 19 heavy (non-hydrogen) atoms. The summed E-state index contributed by atoms with van der Waals surface area (Å²) in [4.78, 5) is 0. The molecule has 1 fully saturated rings. The highest BCUT2D eigenvalue weighted by Gasteiger charge is 2.23. The third-order valence-electron chi connectivity index (χ3n) is 4.86. The van der Waals surface area contributed by atoms with Crippen LogP contribution >= 0.6 is 0 Å². The summed E-state index contributed by atoms with van der Waals surface area (Å²) in [6.45, 7) is 4.80. The molecule has 0 heterocycles. The van der Waals surface area contributed by atoms with Crippen molar-refractivity contribution in [3.8, 4) is 0 Å². The van der Waals surface area contributed by atoms with Crippen molar-refractivity contribution >= 4 is 0 Å². The third kappa shape index (κ3) is 7.31. The van der Waals surface area contributed by atoms with Crippen molar-refractivity contribution in [1.82, 2.24) is 5.32 Å². The van der Waals surface area contributed by atoms with Gasteiger partial charge in [-0.05, 0) is 44.1 Å². The fourth-order valence-corrected chi connectivity index (χ4v) is 3.29. The maximum absolute atomic E-state index is 10.1. The Morgan fingerprint density at radius 2 is 1.47 bits per heavy atom. The second-order valence-electron chi connectivity index (χ2n) is 7.21. The van der Waals surface area contributed by atoms with Crippen LogP contribution in [0.2, 0.25) is 0 Å². The molecule has 0 radical (unpaired) electrons. The van der Waals surface area contributed by atoms with Crippen LogP contribution in [-0.2, 0) is 0 Å².